The lowest BCUT2D eigenvalue weighted by Crippen LogP contribution is -2.10. The summed E-state index contributed by atoms with van der Waals surface area (Å²) in [6.45, 7) is 30.0. The van der Waals surface area contributed by atoms with Crippen LogP contribution in [0.4, 0.5) is 0 Å². The molecule has 0 aliphatic heterocycles. The minimum atomic E-state index is 0.0446. The van der Waals surface area contributed by atoms with Crippen molar-refractivity contribution in [2.45, 2.75) is 125 Å². The van der Waals surface area contributed by atoms with Crippen LogP contribution in [0.15, 0.2) is 133 Å². The SMILES string of the molecule is CC(C)c1ccc(-c2cc(C(C)C)cc3c(-c4ccc(C(C)C)cc4)c4c(-c5ccc(C(C)C)cc5)c5ccc(C(C)C)cc5cc4c(-c4ccc(C(C)(C)C)cc4)c23)cc1. The van der Waals surface area contributed by atoms with Gasteiger partial charge in [-0.15, -0.1) is 0 Å². The summed E-state index contributed by atoms with van der Waals surface area (Å²) < 4.78 is 0. The van der Waals surface area contributed by atoms with E-state index in [1.54, 1.807) is 0 Å². The molecule has 0 spiro atoms. The molecule has 310 valence electrons. The van der Waals surface area contributed by atoms with Gasteiger partial charge < -0.3 is 0 Å². The van der Waals surface area contributed by atoms with E-state index in [2.05, 4.69) is 223 Å². The van der Waals surface area contributed by atoms with Gasteiger partial charge in [0.25, 0.3) is 0 Å². The maximum Gasteiger partial charge on any atom is -0.000764 e. The zero-order valence-electron chi connectivity index (χ0n) is 39.1. The molecule has 61 heavy (non-hydrogen) atoms. The average molecular weight is 799 g/mol. The second-order valence-corrected chi connectivity index (χ2v) is 20.4. The summed E-state index contributed by atoms with van der Waals surface area (Å²) in [5, 5.41) is 7.84. The number of hydrogen-bond donors (Lipinski definition) is 0. The second kappa shape index (κ2) is 16.4. The predicted octanol–water partition coefficient (Wildman–Crippen LogP) is 18.7. The van der Waals surface area contributed by atoms with Crippen LogP contribution < -0.4 is 0 Å². The molecular formula is C61H66. The third kappa shape index (κ3) is 7.96. The molecule has 0 nitrogen and oxygen atoms in total. The van der Waals surface area contributed by atoms with Crippen LogP contribution in [0.3, 0.4) is 0 Å². The van der Waals surface area contributed by atoms with Crippen molar-refractivity contribution in [1.29, 1.82) is 0 Å². The second-order valence-electron chi connectivity index (χ2n) is 20.4. The van der Waals surface area contributed by atoms with Crippen LogP contribution in [0.2, 0.25) is 0 Å². The Morgan fingerprint density at radius 2 is 0.689 bits per heavy atom. The Hall–Kier alpha value is -5.46. The summed E-state index contributed by atoms with van der Waals surface area (Å²) in [6, 6.07) is 52.8. The fourth-order valence-electron chi connectivity index (χ4n) is 9.36. The zero-order valence-corrected chi connectivity index (χ0v) is 39.1. The van der Waals surface area contributed by atoms with Crippen LogP contribution in [0, 0.1) is 0 Å². The Kier molecular flexibility index (Phi) is 11.4. The largest absolute Gasteiger partial charge is 0.0587 e. The van der Waals surface area contributed by atoms with Crippen LogP contribution in [0.1, 0.15) is 153 Å². The van der Waals surface area contributed by atoms with Crippen molar-refractivity contribution in [2.75, 3.05) is 0 Å². The van der Waals surface area contributed by atoms with Gasteiger partial charge in [0.15, 0.2) is 0 Å². The van der Waals surface area contributed by atoms with Crippen molar-refractivity contribution >= 4 is 32.3 Å². The molecule has 0 heterocycles. The molecule has 0 fully saturated rings. The highest BCUT2D eigenvalue weighted by Gasteiger charge is 2.26. The Morgan fingerprint density at radius 1 is 0.311 bits per heavy atom. The molecule has 0 N–H and O–H groups in total. The molecule has 0 amide bonds. The van der Waals surface area contributed by atoms with Gasteiger partial charge >= 0.3 is 0 Å². The minimum absolute atomic E-state index is 0.0446. The van der Waals surface area contributed by atoms with Crippen LogP contribution in [0.25, 0.3) is 76.8 Å². The molecule has 8 aromatic carbocycles. The summed E-state index contributed by atoms with van der Waals surface area (Å²) in [4.78, 5) is 0. The molecule has 0 aliphatic rings. The van der Waals surface area contributed by atoms with E-state index in [1.165, 1.54) is 110 Å². The van der Waals surface area contributed by atoms with Crippen LogP contribution >= 0.6 is 0 Å². The molecule has 0 radical (unpaired) electrons. The first-order valence-electron chi connectivity index (χ1n) is 23.0. The van der Waals surface area contributed by atoms with Gasteiger partial charge in [0.1, 0.15) is 0 Å². The van der Waals surface area contributed by atoms with Crippen LogP contribution in [0.5, 0.6) is 0 Å². The molecule has 0 aromatic heterocycles. The van der Waals surface area contributed by atoms with Crippen LogP contribution in [-0.2, 0) is 5.41 Å². The molecule has 0 heteroatoms. The van der Waals surface area contributed by atoms with Gasteiger partial charge in [-0.1, -0.05) is 217 Å². The lowest BCUT2D eigenvalue weighted by Gasteiger charge is -2.26. The number of rotatable bonds is 9. The highest BCUT2D eigenvalue weighted by molar-refractivity contribution is 6.31. The first-order valence-corrected chi connectivity index (χ1v) is 23.0. The van der Waals surface area contributed by atoms with E-state index in [0.717, 1.165) is 0 Å². The van der Waals surface area contributed by atoms with E-state index in [0.29, 0.717) is 29.6 Å². The van der Waals surface area contributed by atoms with E-state index >= 15 is 0 Å². The molecule has 0 aliphatic carbocycles. The van der Waals surface area contributed by atoms with Gasteiger partial charge in [0.2, 0.25) is 0 Å². The third-order valence-electron chi connectivity index (χ3n) is 13.4. The third-order valence-corrected chi connectivity index (χ3v) is 13.4. The van der Waals surface area contributed by atoms with Gasteiger partial charge in [-0.05, 0) is 151 Å². The molecule has 8 rings (SSSR count). The lowest BCUT2D eigenvalue weighted by atomic mass is 9.77. The standard InChI is InChI=1S/C61H66/c1-36(2)41-14-20-44(21-15-41)53-33-49(40(9)10)34-54-58(46-24-18-43(19-25-46)38(5)6)60-55(57(59(53)54)47-26-29-51(30-27-47)61(11,12)13)35-50-32-48(39(7)8)28-31-52(50)56(60)45-22-16-42(17-23-45)37(3)4/h14-40H,1-13H3. The number of hydrogen-bond acceptors (Lipinski definition) is 0. The van der Waals surface area contributed by atoms with Gasteiger partial charge in [-0.2, -0.15) is 0 Å². The van der Waals surface area contributed by atoms with E-state index in [9.17, 15) is 0 Å². The first kappa shape index (κ1) is 42.2. The highest BCUT2D eigenvalue weighted by Crippen LogP contribution is 2.53. The van der Waals surface area contributed by atoms with Crippen molar-refractivity contribution in [3.05, 3.63) is 167 Å². The molecular weight excluding hydrogens is 733 g/mol. The minimum Gasteiger partial charge on any atom is -0.0587 e. The lowest BCUT2D eigenvalue weighted by molar-refractivity contribution is 0.590. The van der Waals surface area contributed by atoms with Gasteiger partial charge in [0.05, 0.1) is 0 Å². The van der Waals surface area contributed by atoms with Crippen molar-refractivity contribution in [1.82, 2.24) is 0 Å². The Labute approximate surface area is 367 Å². The summed E-state index contributed by atoms with van der Waals surface area (Å²) in [6.07, 6.45) is 0. The zero-order chi connectivity index (χ0) is 43.5. The maximum absolute atomic E-state index is 2.54. The molecule has 0 bridgehead atoms. The van der Waals surface area contributed by atoms with E-state index in [4.69, 9.17) is 0 Å². The van der Waals surface area contributed by atoms with Crippen molar-refractivity contribution in [3.63, 3.8) is 0 Å². The highest BCUT2D eigenvalue weighted by atomic mass is 14.3. The maximum atomic E-state index is 2.54. The van der Waals surface area contributed by atoms with Gasteiger partial charge in [-0.25, -0.2) is 0 Å². The fourth-order valence-corrected chi connectivity index (χ4v) is 9.36. The van der Waals surface area contributed by atoms with E-state index in [-0.39, 0.29) is 5.41 Å². The summed E-state index contributed by atoms with van der Waals surface area (Å²) in [7, 11) is 0. The average Bonchev–Trinajstić information content (AvgIpc) is 3.24. The summed E-state index contributed by atoms with van der Waals surface area (Å²) in [5.74, 6) is 2.12. The van der Waals surface area contributed by atoms with E-state index in [1.807, 2.05) is 0 Å². The van der Waals surface area contributed by atoms with Gasteiger partial charge in [0, 0.05) is 0 Å². The molecule has 8 aromatic rings. The molecule has 0 saturated carbocycles. The topological polar surface area (TPSA) is 0 Å². The molecule has 0 atom stereocenters. The summed E-state index contributed by atoms with van der Waals surface area (Å²) in [5.41, 5.74) is 18.5. The number of benzene rings is 8. The quantitative estimate of drug-likeness (QED) is 0.128. The smallest absolute Gasteiger partial charge is 0.000764 e. The van der Waals surface area contributed by atoms with Crippen molar-refractivity contribution in [2.24, 2.45) is 0 Å². The summed E-state index contributed by atoms with van der Waals surface area (Å²) >= 11 is 0. The first-order chi connectivity index (χ1) is 29.0. The Balaban J connectivity index is 1.68. The molecule has 0 unspecified atom stereocenters. The van der Waals surface area contributed by atoms with E-state index < -0.39 is 0 Å². The monoisotopic (exact) mass is 799 g/mol. The van der Waals surface area contributed by atoms with Crippen LogP contribution in [-0.4, -0.2) is 0 Å². The Morgan fingerprint density at radius 3 is 1.13 bits per heavy atom. The van der Waals surface area contributed by atoms with Gasteiger partial charge in [-0.3, -0.25) is 0 Å². The van der Waals surface area contributed by atoms with Crippen molar-refractivity contribution in [3.8, 4) is 44.5 Å². The molecule has 0 saturated heterocycles. The fraction of sp³-hybridized carbons (Fsp3) is 0.311. The van der Waals surface area contributed by atoms with Crippen molar-refractivity contribution < 1.29 is 0 Å². The Bertz CT molecular complexity index is 2850. The number of fused-ring (bicyclic) bond motifs is 3. The normalized spacial score (nSPS) is 12.4. The predicted molar refractivity (Wildman–Crippen MR) is 270 cm³/mol.